The van der Waals surface area contributed by atoms with Gasteiger partial charge in [-0.05, 0) is 0 Å². The molecule has 0 saturated carbocycles. The highest BCUT2D eigenvalue weighted by atomic mass is 32.7. The second-order valence-electron chi connectivity index (χ2n) is 10.1. The number of imidazole rings is 1. The average molecular weight is 707 g/mol. The molecule has 21 nitrogen and oxygen atoms in total. The minimum Gasteiger partial charge on any atom is -0.387 e. The zero-order valence-electron chi connectivity index (χ0n) is 22.4. The maximum absolute atomic E-state index is 13.5. The van der Waals surface area contributed by atoms with Crippen LogP contribution in [0.5, 0.6) is 0 Å². The number of hydrogen-bond acceptors (Lipinski definition) is 18. The van der Waals surface area contributed by atoms with Crippen molar-refractivity contribution in [3.05, 3.63) is 29.2 Å². The molecule has 10 unspecified atom stereocenters. The zero-order valence-corrected chi connectivity index (χ0v) is 26.0. The maximum Gasteiger partial charge on any atom is 0.386 e. The summed E-state index contributed by atoms with van der Waals surface area (Å²) in [6.45, 7) is -9.90. The predicted molar refractivity (Wildman–Crippen MR) is 157 cm³/mol. The molecule has 0 aromatic carbocycles. The Morgan fingerprint density at radius 2 is 1.62 bits per heavy atom. The van der Waals surface area contributed by atoms with Gasteiger partial charge in [-0.15, -0.1) is 0 Å². The summed E-state index contributed by atoms with van der Waals surface area (Å²) in [7, 11) is 0. The SMILES string of the molecule is Nc1nc2c(cnn2C2OC3COP(=O)(S)OC4C(COP(=O)(S)OC2C3O)OC(n2cnc3c(N)ncnc32)C4O)c(=O)[nH]1. The molecule has 7 N–H and O–H groups in total. The number of nitrogens with zero attached hydrogens (tertiary/aromatic N) is 7. The topological polar surface area (TPSA) is 289 Å². The molecule has 10 atom stereocenters. The van der Waals surface area contributed by atoms with Crippen molar-refractivity contribution in [3.8, 4) is 0 Å². The first-order valence-electron chi connectivity index (χ1n) is 13.0. The van der Waals surface area contributed by atoms with Gasteiger partial charge in [-0.25, -0.2) is 28.8 Å². The van der Waals surface area contributed by atoms with Crippen LogP contribution in [0.25, 0.3) is 22.2 Å². The van der Waals surface area contributed by atoms with Crippen molar-refractivity contribution in [2.75, 3.05) is 24.7 Å². The van der Waals surface area contributed by atoms with Crippen molar-refractivity contribution in [1.29, 1.82) is 0 Å². The molecule has 4 aromatic heterocycles. The normalized spacial score (nSPS) is 37.7. The second-order valence-corrected chi connectivity index (χ2v) is 15.9. The van der Waals surface area contributed by atoms with Crippen LogP contribution in [0, 0.1) is 0 Å². The molecule has 2 bridgehead atoms. The second kappa shape index (κ2) is 11.2. The highest BCUT2D eigenvalue weighted by Crippen LogP contribution is 2.60. The minimum atomic E-state index is -4.38. The van der Waals surface area contributed by atoms with Crippen LogP contribution < -0.4 is 17.0 Å². The summed E-state index contributed by atoms with van der Waals surface area (Å²) in [5, 5.41) is 26.5. The van der Waals surface area contributed by atoms with Gasteiger partial charge in [0.2, 0.25) is 5.95 Å². The quantitative estimate of drug-likeness (QED) is 0.102. The fraction of sp³-hybridized carbons (Fsp3) is 0.500. The van der Waals surface area contributed by atoms with E-state index in [2.05, 4.69) is 54.5 Å². The largest absolute Gasteiger partial charge is 0.387 e. The molecular formula is C20H24N10O11P2S2. The Kier molecular flexibility index (Phi) is 7.74. The molecule has 7 rings (SSSR count). The number of hydrogen-bond donors (Lipinski definition) is 7. The van der Waals surface area contributed by atoms with Crippen LogP contribution in [0.3, 0.4) is 0 Å². The Labute approximate surface area is 260 Å². The summed E-state index contributed by atoms with van der Waals surface area (Å²) in [5.74, 6) is -0.142. The van der Waals surface area contributed by atoms with Crippen molar-refractivity contribution in [3.63, 3.8) is 0 Å². The van der Waals surface area contributed by atoms with E-state index in [9.17, 15) is 24.1 Å². The molecule has 0 spiro atoms. The number of aromatic amines is 1. The fourth-order valence-electron chi connectivity index (χ4n) is 5.28. The molecule has 0 radical (unpaired) electrons. The summed E-state index contributed by atoms with van der Waals surface area (Å²) in [6, 6.07) is 0. The number of nitrogens with two attached hydrogens (primary N) is 2. The van der Waals surface area contributed by atoms with E-state index in [1.807, 2.05) is 0 Å². The molecule has 3 aliphatic rings. The van der Waals surface area contributed by atoms with E-state index in [0.29, 0.717) is 0 Å². The lowest BCUT2D eigenvalue weighted by molar-refractivity contribution is -0.0608. The predicted octanol–water partition coefficient (Wildman–Crippen LogP) is -0.467. The van der Waals surface area contributed by atoms with Crippen LogP contribution in [0.4, 0.5) is 11.8 Å². The van der Waals surface area contributed by atoms with Gasteiger partial charge < -0.3 is 31.2 Å². The minimum absolute atomic E-state index is 0.0334. The molecule has 45 heavy (non-hydrogen) atoms. The molecular weight excluding hydrogens is 682 g/mol. The third kappa shape index (κ3) is 5.55. The van der Waals surface area contributed by atoms with E-state index in [4.69, 9.17) is 39.0 Å². The number of rotatable bonds is 2. The lowest BCUT2D eigenvalue weighted by Crippen LogP contribution is -2.35. The maximum atomic E-state index is 13.5. The van der Waals surface area contributed by atoms with E-state index in [0.717, 1.165) is 4.68 Å². The first-order valence-corrected chi connectivity index (χ1v) is 18.4. The summed E-state index contributed by atoms with van der Waals surface area (Å²) < 4.78 is 63.5. The number of aliphatic hydroxyl groups is 2. The smallest absolute Gasteiger partial charge is 0.386 e. The Balaban J connectivity index is 1.21. The molecule has 0 amide bonds. The van der Waals surface area contributed by atoms with Gasteiger partial charge in [0, 0.05) is 0 Å². The lowest BCUT2D eigenvalue weighted by Gasteiger charge is -2.26. The molecule has 3 fully saturated rings. The molecule has 25 heteroatoms. The van der Waals surface area contributed by atoms with Gasteiger partial charge in [0.05, 0.1) is 25.7 Å². The van der Waals surface area contributed by atoms with Crippen molar-refractivity contribution < 1.29 is 46.9 Å². The van der Waals surface area contributed by atoms with Crippen LogP contribution in [0.2, 0.25) is 0 Å². The van der Waals surface area contributed by atoms with E-state index >= 15 is 0 Å². The van der Waals surface area contributed by atoms with Gasteiger partial charge in [0.25, 0.3) is 5.56 Å². The van der Waals surface area contributed by atoms with Crippen LogP contribution in [-0.4, -0.2) is 99.3 Å². The zero-order chi connectivity index (χ0) is 31.8. The Morgan fingerprint density at radius 1 is 0.933 bits per heavy atom. The first-order chi connectivity index (χ1) is 21.3. The van der Waals surface area contributed by atoms with Gasteiger partial charge in [0.15, 0.2) is 29.6 Å². The number of aliphatic hydroxyl groups excluding tert-OH is 2. The Hall–Kier alpha value is -2.66. The van der Waals surface area contributed by atoms with Gasteiger partial charge in [-0.2, -0.15) is 10.1 Å². The molecule has 7 heterocycles. The first kappa shape index (κ1) is 31.0. The summed E-state index contributed by atoms with van der Waals surface area (Å²) in [5.41, 5.74) is 11.4. The molecule has 0 aliphatic carbocycles. The summed E-state index contributed by atoms with van der Waals surface area (Å²) in [4.78, 5) is 30.9. The number of nitrogens with one attached hydrogen (secondary N) is 1. The van der Waals surface area contributed by atoms with Crippen LogP contribution in [0.1, 0.15) is 12.5 Å². The van der Waals surface area contributed by atoms with E-state index in [1.54, 1.807) is 0 Å². The number of H-pyrrole nitrogens is 1. The monoisotopic (exact) mass is 706 g/mol. The van der Waals surface area contributed by atoms with Gasteiger partial charge >= 0.3 is 13.6 Å². The van der Waals surface area contributed by atoms with Gasteiger partial charge in [-0.3, -0.25) is 32.4 Å². The number of anilines is 2. The van der Waals surface area contributed by atoms with Gasteiger partial charge in [-0.1, -0.05) is 24.5 Å². The van der Waals surface area contributed by atoms with E-state index in [-0.39, 0.29) is 34.0 Å². The summed E-state index contributed by atoms with van der Waals surface area (Å²) >= 11 is 8.11. The van der Waals surface area contributed by atoms with Crippen molar-refractivity contribution in [2.24, 2.45) is 0 Å². The van der Waals surface area contributed by atoms with Crippen molar-refractivity contribution in [2.45, 2.75) is 49.1 Å². The number of ether oxygens (including phenoxy) is 2. The Bertz CT molecular complexity index is 1940. The van der Waals surface area contributed by atoms with Crippen LogP contribution in [-0.2, 0) is 36.7 Å². The molecule has 3 saturated heterocycles. The Morgan fingerprint density at radius 3 is 2.38 bits per heavy atom. The summed E-state index contributed by atoms with van der Waals surface area (Å²) in [6.07, 6.45) is -7.54. The third-order valence-corrected chi connectivity index (χ3v) is 10.5. The van der Waals surface area contributed by atoms with E-state index in [1.165, 1.54) is 23.4 Å². The standard InChI is InChI=1S/C20H24N10O11P2S2/c21-14-9-16(24-4-23-14)29(5-25-9)18-11(32)12-8(39-18)3-37-43(35,45)41-13-10(31)7(2-36-42(34,44)40-12)38-19(13)30-15-6(1-26-30)17(33)28-20(22)27-15/h1,4-5,7-8,10-13,18-19,31-32H,2-3H2,(H,34,44)(H,35,45)(H2,21,23,24)(H3,22,27,28,33). The number of aromatic nitrogens is 8. The highest BCUT2D eigenvalue weighted by molar-refractivity contribution is 8.44. The van der Waals surface area contributed by atoms with E-state index < -0.39 is 81.4 Å². The number of fused-ring (bicyclic) bond motifs is 5. The number of nitrogen functional groups attached to an aromatic ring is 2. The van der Waals surface area contributed by atoms with Gasteiger partial charge in [0.1, 0.15) is 53.9 Å². The average Bonchev–Trinajstić information content (AvgIpc) is 3.72. The molecule has 3 aliphatic heterocycles. The fourth-order valence-corrected chi connectivity index (χ4v) is 8.23. The number of thiol groups is 2. The van der Waals surface area contributed by atoms with Crippen LogP contribution >= 0.6 is 38.1 Å². The molecule has 242 valence electrons. The highest BCUT2D eigenvalue weighted by Gasteiger charge is 2.53. The van der Waals surface area contributed by atoms with Crippen LogP contribution in [0.15, 0.2) is 23.6 Å². The van der Waals surface area contributed by atoms with Crippen molar-refractivity contribution >= 4 is 72.1 Å². The molecule has 4 aromatic rings. The van der Waals surface area contributed by atoms with Crippen molar-refractivity contribution in [1.82, 2.24) is 39.3 Å². The lowest BCUT2D eigenvalue weighted by atomic mass is 10.1. The third-order valence-electron chi connectivity index (χ3n) is 7.32.